The molecule has 88 valence electrons. The second-order valence-corrected chi connectivity index (χ2v) is 5.72. The van der Waals surface area contributed by atoms with Crippen LogP contribution in [0.25, 0.3) is 0 Å². The number of para-hydroxylation sites is 2. The van der Waals surface area contributed by atoms with Gasteiger partial charge in [-0.3, -0.25) is 4.79 Å². The molecule has 0 radical (unpaired) electrons. The summed E-state index contributed by atoms with van der Waals surface area (Å²) >= 11 is 0. The lowest BCUT2D eigenvalue weighted by molar-refractivity contribution is -0.115. The molecule has 1 rings (SSSR count). The van der Waals surface area contributed by atoms with Gasteiger partial charge in [0.1, 0.15) is 5.75 Å². The van der Waals surface area contributed by atoms with Crippen molar-refractivity contribution in [1.82, 2.24) is 0 Å². The number of amides is 1. The van der Waals surface area contributed by atoms with Crippen LogP contribution in [0.1, 0.15) is 0 Å². The van der Waals surface area contributed by atoms with Crippen LogP contribution in [0.5, 0.6) is 0 Å². The van der Waals surface area contributed by atoms with Crippen LogP contribution < -0.4 is 10.6 Å². The summed E-state index contributed by atoms with van der Waals surface area (Å²) < 4.78 is 22.0. The quantitative estimate of drug-likeness (QED) is 0.772. The Hall–Kier alpha value is -1.56. The van der Waals surface area contributed by atoms with E-state index in [9.17, 15) is 13.2 Å². The number of carbonyl (C=O) groups excluding carboxylic acids is 1. The first-order valence-electron chi connectivity index (χ1n) is 4.60. The van der Waals surface area contributed by atoms with Crippen LogP contribution in [0.15, 0.2) is 24.3 Å². The maximum Gasteiger partial charge on any atom is 0.241 e. The zero-order chi connectivity index (χ0) is 12.3. The standard InChI is InChI=1S/C10H14N2O3S/c1-12(10(13)7-16(2,14)15)9-6-4-3-5-8(9)11/h3-6H,7,11H2,1-2H3. The molecule has 0 saturated heterocycles. The van der Waals surface area contributed by atoms with Crippen LogP contribution in [0.2, 0.25) is 0 Å². The molecule has 0 saturated carbocycles. The summed E-state index contributed by atoms with van der Waals surface area (Å²) in [6.45, 7) is 0. The molecule has 1 aromatic carbocycles. The fraction of sp³-hybridized carbons (Fsp3) is 0.300. The van der Waals surface area contributed by atoms with Gasteiger partial charge in [-0.15, -0.1) is 0 Å². The third-order valence-corrected chi connectivity index (χ3v) is 2.83. The topological polar surface area (TPSA) is 80.5 Å². The van der Waals surface area contributed by atoms with Gasteiger partial charge in [-0.1, -0.05) is 12.1 Å². The Kier molecular flexibility index (Phi) is 3.54. The molecule has 5 nitrogen and oxygen atoms in total. The van der Waals surface area contributed by atoms with Crippen LogP contribution in [0.4, 0.5) is 11.4 Å². The average molecular weight is 242 g/mol. The summed E-state index contributed by atoms with van der Waals surface area (Å²) in [6.07, 6.45) is 1.02. The van der Waals surface area contributed by atoms with Crippen molar-refractivity contribution in [2.75, 3.05) is 29.7 Å². The van der Waals surface area contributed by atoms with E-state index in [1.54, 1.807) is 24.3 Å². The van der Waals surface area contributed by atoms with Crippen molar-refractivity contribution in [3.05, 3.63) is 24.3 Å². The first-order valence-corrected chi connectivity index (χ1v) is 6.66. The molecule has 0 aliphatic carbocycles. The van der Waals surface area contributed by atoms with Gasteiger partial charge in [0.05, 0.1) is 11.4 Å². The molecule has 2 N–H and O–H groups in total. The molecular weight excluding hydrogens is 228 g/mol. The third kappa shape index (κ3) is 3.23. The van der Waals surface area contributed by atoms with Crippen molar-refractivity contribution < 1.29 is 13.2 Å². The lowest BCUT2D eigenvalue weighted by Crippen LogP contribution is -2.32. The van der Waals surface area contributed by atoms with Crippen LogP contribution >= 0.6 is 0 Å². The Morgan fingerprint density at radius 1 is 1.38 bits per heavy atom. The van der Waals surface area contributed by atoms with E-state index < -0.39 is 21.5 Å². The van der Waals surface area contributed by atoms with Crippen molar-refractivity contribution in [3.8, 4) is 0 Å². The van der Waals surface area contributed by atoms with E-state index in [1.165, 1.54) is 11.9 Å². The van der Waals surface area contributed by atoms with E-state index in [0.29, 0.717) is 11.4 Å². The number of benzene rings is 1. The summed E-state index contributed by atoms with van der Waals surface area (Å²) in [6, 6.07) is 6.79. The van der Waals surface area contributed by atoms with Crippen LogP contribution in [-0.2, 0) is 14.6 Å². The van der Waals surface area contributed by atoms with E-state index in [0.717, 1.165) is 6.26 Å². The minimum atomic E-state index is -3.32. The van der Waals surface area contributed by atoms with Crippen molar-refractivity contribution in [2.45, 2.75) is 0 Å². The molecule has 0 spiro atoms. The molecule has 0 aliphatic rings. The highest BCUT2D eigenvalue weighted by molar-refractivity contribution is 7.91. The maximum atomic E-state index is 11.6. The zero-order valence-electron chi connectivity index (χ0n) is 9.17. The van der Waals surface area contributed by atoms with Crippen molar-refractivity contribution in [1.29, 1.82) is 0 Å². The number of sulfone groups is 1. The van der Waals surface area contributed by atoms with E-state index in [1.807, 2.05) is 0 Å². The van der Waals surface area contributed by atoms with Gasteiger partial charge in [-0.05, 0) is 12.1 Å². The Bertz CT molecular complexity index is 497. The fourth-order valence-electron chi connectivity index (χ4n) is 1.25. The minimum absolute atomic E-state index is 0.437. The van der Waals surface area contributed by atoms with Gasteiger partial charge >= 0.3 is 0 Å². The summed E-state index contributed by atoms with van der Waals surface area (Å²) in [5, 5.41) is 0. The van der Waals surface area contributed by atoms with Crippen molar-refractivity contribution >= 4 is 27.1 Å². The molecule has 0 bridgehead atoms. The molecule has 0 aliphatic heterocycles. The Balaban J connectivity index is 2.91. The number of hydrogen-bond acceptors (Lipinski definition) is 4. The van der Waals surface area contributed by atoms with Crippen molar-refractivity contribution in [2.24, 2.45) is 0 Å². The van der Waals surface area contributed by atoms with Gasteiger partial charge in [-0.2, -0.15) is 0 Å². The maximum absolute atomic E-state index is 11.6. The highest BCUT2D eigenvalue weighted by Gasteiger charge is 2.17. The number of anilines is 2. The normalized spacial score (nSPS) is 11.1. The first kappa shape index (κ1) is 12.5. The fourth-order valence-corrected chi connectivity index (χ4v) is 1.89. The molecule has 1 aromatic rings. The first-order chi connectivity index (χ1) is 7.31. The lowest BCUT2D eigenvalue weighted by atomic mass is 10.2. The predicted octanol–water partition coefficient (Wildman–Crippen LogP) is 0.276. The highest BCUT2D eigenvalue weighted by Crippen LogP contribution is 2.21. The molecule has 0 fully saturated rings. The Morgan fingerprint density at radius 3 is 2.44 bits per heavy atom. The number of rotatable bonds is 3. The second kappa shape index (κ2) is 4.52. The summed E-state index contributed by atoms with van der Waals surface area (Å²) in [4.78, 5) is 12.8. The van der Waals surface area contributed by atoms with Gasteiger partial charge < -0.3 is 10.6 Å². The van der Waals surface area contributed by atoms with E-state index in [2.05, 4.69) is 0 Å². The number of carbonyl (C=O) groups is 1. The minimum Gasteiger partial charge on any atom is -0.397 e. The Labute approximate surface area is 94.8 Å². The molecule has 0 aromatic heterocycles. The van der Waals surface area contributed by atoms with Gasteiger partial charge in [0.2, 0.25) is 5.91 Å². The van der Waals surface area contributed by atoms with Crippen LogP contribution in [0, 0.1) is 0 Å². The summed E-state index contributed by atoms with van der Waals surface area (Å²) in [7, 11) is -1.82. The molecule has 16 heavy (non-hydrogen) atoms. The Morgan fingerprint density at radius 2 is 1.94 bits per heavy atom. The van der Waals surface area contributed by atoms with Gasteiger partial charge in [0.25, 0.3) is 0 Å². The number of nitrogen functional groups attached to an aromatic ring is 1. The number of nitrogens with zero attached hydrogens (tertiary/aromatic N) is 1. The van der Waals surface area contributed by atoms with Gasteiger partial charge in [0.15, 0.2) is 9.84 Å². The van der Waals surface area contributed by atoms with Crippen molar-refractivity contribution in [3.63, 3.8) is 0 Å². The zero-order valence-corrected chi connectivity index (χ0v) is 9.99. The van der Waals surface area contributed by atoms with Crippen LogP contribution in [-0.4, -0.2) is 33.4 Å². The van der Waals surface area contributed by atoms with E-state index in [-0.39, 0.29) is 0 Å². The van der Waals surface area contributed by atoms with Gasteiger partial charge in [-0.25, -0.2) is 8.42 Å². The highest BCUT2D eigenvalue weighted by atomic mass is 32.2. The molecular formula is C10H14N2O3S. The second-order valence-electron chi connectivity index (χ2n) is 3.58. The number of hydrogen-bond donors (Lipinski definition) is 1. The van der Waals surface area contributed by atoms with E-state index >= 15 is 0 Å². The number of nitrogens with two attached hydrogens (primary N) is 1. The SMILES string of the molecule is CN(C(=O)CS(C)(=O)=O)c1ccccc1N. The lowest BCUT2D eigenvalue weighted by Gasteiger charge is -2.18. The van der Waals surface area contributed by atoms with Crippen LogP contribution in [0.3, 0.4) is 0 Å². The largest absolute Gasteiger partial charge is 0.397 e. The predicted molar refractivity (Wildman–Crippen MR) is 64.0 cm³/mol. The summed E-state index contributed by atoms with van der Waals surface area (Å²) in [5.41, 5.74) is 6.63. The molecule has 0 atom stereocenters. The third-order valence-electron chi connectivity index (χ3n) is 2.06. The van der Waals surface area contributed by atoms with E-state index in [4.69, 9.17) is 5.73 Å². The van der Waals surface area contributed by atoms with Gasteiger partial charge in [0, 0.05) is 13.3 Å². The summed E-state index contributed by atoms with van der Waals surface area (Å²) in [5.74, 6) is -1.02. The molecule has 1 amide bonds. The monoisotopic (exact) mass is 242 g/mol. The smallest absolute Gasteiger partial charge is 0.241 e. The molecule has 6 heteroatoms. The molecule has 0 unspecified atom stereocenters. The average Bonchev–Trinajstić information content (AvgIpc) is 2.15. The molecule has 0 heterocycles.